The van der Waals surface area contributed by atoms with Gasteiger partial charge in [0, 0.05) is 19.2 Å². The molecule has 4 rings (SSSR count). The van der Waals surface area contributed by atoms with Gasteiger partial charge in [-0.05, 0) is 44.0 Å². The number of benzene rings is 1. The van der Waals surface area contributed by atoms with Gasteiger partial charge in [-0.15, -0.1) is 11.3 Å². The van der Waals surface area contributed by atoms with Crippen LogP contribution in [0.2, 0.25) is 0 Å². The first-order valence-corrected chi connectivity index (χ1v) is 11.4. The van der Waals surface area contributed by atoms with Crippen molar-refractivity contribution in [3.63, 3.8) is 0 Å². The van der Waals surface area contributed by atoms with Crippen LogP contribution in [0.4, 0.5) is 0 Å². The van der Waals surface area contributed by atoms with E-state index in [9.17, 15) is 4.79 Å². The van der Waals surface area contributed by atoms with E-state index >= 15 is 0 Å². The minimum Gasteiger partial charge on any atom is -0.494 e. The minimum absolute atomic E-state index is 0.0283. The van der Waals surface area contributed by atoms with Crippen LogP contribution in [0.25, 0.3) is 0 Å². The smallest absolute Gasteiger partial charge is 0.266 e. The summed E-state index contributed by atoms with van der Waals surface area (Å²) in [7, 11) is 0. The number of aryl methyl sites for hydroxylation is 2. The number of amides is 1. The summed E-state index contributed by atoms with van der Waals surface area (Å²) in [5.74, 6) is 0.938. The van der Waals surface area contributed by atoms with Gasteiger partial charge in [0.05, 0.1) is 36.2 Å². The molecule has 0 unspecified atom stereocenters. The average molecular weight is 438 g/mol. The lowest BCUT2D eigenvalue weighted by atomic mass is 10.0. The van der Waals surface area contributed by atoms with E-state index in [1.807, 2.05) is 56.1 Å². The lowest BCUT2D eigenvalue weighted by Gasteiger charge is -2.32. The van der Waals surface area contributed by atoms with Crippen LogP contribution >= 0.6 is 11.3 Å². The number of para-hydroxylation sites is 1. The number of nitrogens with zero attached hydrogens (tertiary/aromatic N) is 3. The highest BCUT2D eigenvalue weighted by molar-refractivity contribution is 7.13. The van der Waals surface area contributed by atoms with Crippen molar-refractivity contribution in [1.29, 1.82) is 0 Å². The van der Waals surface area contributed by atoms with E-state index in [0.29, 0.717) is 26.3 Å². The van der Waals surface area contributed by atoms with Gasteiger partial charge >= 0.3 is 0 Å². The zero-order valence-electron chi connectivity index (χ0n) is 18.1. The molecule has 1 aromatic carbocycles. The van der Waals surface area contributed by atoms with Crippen molar-refractivity contribution >= 4 is 17.2 Å². The van der Waals surface area contributed by atoms with Crippen molar-refractivity contribution < 1.29 is 14.3 Å². The summed E-state index contributed by atoms with van der Waals surface area (Å²) in [5.41, 5.74) is 3.89. The fourth-order valence-electron chi connectivity index (χ4n) is 3.78. The molecule has 1 fully saturated rings. The number of ether oxygens (including phenoxy) is 2. The number of hydrogen-bond donors (Lipinski definition) is 0. The molecule has 0 aliphatic carbocycles. The molecule has 0 saturated carbocycles. The Kier molecular flexibility index (Phi) is 6.63. The average Bonchev–Trinajstić information content (AvgIpc) is 3.13. The van der Waals surface area contributed by atoms with Crippen molar-refractivity contribution in [3.8, 4) is 5.75 Å². The molecule has 0 N–H and O–H groups in total. The minimum atomic E-state index is -0.225. The molecule has 1 amide bonds. The SMILES string of the molecule is CCOc1ccccc1Cc1ccc([C@H]2CN(C(=O)c3sc(C)nc3C)CCO2)nc1. The predicted molar refractivity (Wildman–Crippen MR) is 121 cm³/mol. The second kappa shape index (κ2) is 9.58. The molecule has 7 heteroatoms. The van der Waals surface area contributed by atoms with E-state index in [2.05, 4.69) is 22.1 Å². The van der Waals surface area contributed by atoms with Crippen LogP contribution in [0.15, 0.2) is 42.6 Å². The standard InChI is InChI=1S/C24H27N3O3S/c1-4-29-21-8-6-5-7-19(21)13-18-9-10-20(25-14-18)22-15-27(11-12-30-22)24(28)23-16(2)26-17(3)31-23/h5-10,14,22H,4,11-13,15H2,1-3H3/t22-/m1/s1. The molecule has 0 radical (unpaired) electrons. The molecule has 1 aliphatic rings. The molecule has 3 heterocycles. The molecule has 1 atom stereocenters. The quantitative estimate of drug-likeness (QED) is 0.573. The highest BCUT2D eigenvalue weighted by Crippen LogP contribution is 2.26. The van der Waals surface area contributed by atoms with Crippen LogP contribution in [0.3, 0.4) is 0 Å². The number of pyridine rings is 1. The molecule has 3 aromatic rings. The summed E-state index contributed by atoms with van der Waals surface area (Å²) in [5, 5.41) is 0.911. The fourth-order valence-corrected chi connectivity index (χ4v) is 4.67. The zero-order chi connectivity index (χ0) is 21.8. The largest absolute Gasteiger partial charge is 0.494 e. The molecule has 162 valence electrons. The monoisotopic (exact) mass is 437 g/mol. The number of carbonyl (C=O) groups is 1. The van der Waals surface area contributed by atoms with Crippen LogP contribution in [-0.4, -0.2) is 47.1 Å². The first-order chi connectivity index (χ1) is 15.0. The van der Waals surface area contributed by atoms with Gasteiger partial charge in [0.1, 0.15) is 16.7 Å². The first kappa shape index (κ1) is 21.5. The van der Waals surface area contributed by atoms with Crippen LogP contribution in [0.5, 0.6) is 5.75 Å². The van der Waals surface area contributed by atoms with Crippen LogP contribution in [-0.2, 0) is 11.2 Å². The highest BCUT2D eigenvalue weighted by Gasteiger charge is 2.28. The number of thiazole rings is 1. The molecular formula is C24H27N3O3S. The van der Waals surface area contributed by atoms with E-state index in [1.54, 1.807) is 0 Å². The van der Waals surface area contributed by atoms with Crippen molar-refractivity contribution in [2.45, 2.75) is 33.3 Å². The Hall–Kier alpha value is -2.77. The fraction of sp³-hybridized carbons (Fsp3) is 0.375. The van der Waals surface area contributed by atoms with Gasteiger partial charge in [-0.25, -0.2) is 4.98 Å². The third-order valence-electron chi connectivity index (χ3n) is 5.30. The maximum Gasteiger partial charge on any atom is 0.266 e. The maximum atomic E-state index is 13.0. The number of hydrogen-bond acceptors (Lipinski definition) is 6. The number of aromatic nitrogens is 2. The van der Waals surface area contributed by atoms with E-state index < -0.39 is 0 Å². The van der Waals surface area contributed by atoms with Gasteiger partial charge in [0.25, 0.3) is 5.91 Å². The van der Waals surface area contributed by atoms with Crippen molar-refractivity contribution in [1.82, 2.24) is 14.9 Å². The lowest BCUT2D eigenvalue weighted by molar-refractivity contribution is -0.0246. The normalized spacial score (nSPS) is 16.4. The van der Waals surface area contributed by atoms with Crippen molar-refractivity contribution in [2.24, 2.45) is 0 Å². The molecule has 0 bridgehead atoms. The zero-order valence-corrected chi connectivity index (χ0v) is 18.9. The second-order valence-electron chi connectivity index (χ2n) is 7.57. The molecule has 6 nitrogen and oxygen atoms in total. The summed E-state index contributed by atoms with van der Waals surface area (Å²) in [6.45, 7) is 8.02. The summed E-state index contributed by atoms with van der Waals surface area (Å²) < 4.78 is 11.7. The summed E-state index contributed by atoms with van der Waals surface area (Å²) in [6, 6.07) is 12.2. The van der Waals surface area contributed by atoms with Gasteiger partial charge in [-0.1, -0.05) is 24.3 Å². The summed E-state index contributed by atoms with van der Waals surface area (Å²) >= 11 is 1.45. The molecular weight excluding hydrogens is 410 g/mol. The number of morpholine rings is 1. The Morgan fingerprint density at radius 2 is 2.10 bits per heavy atom. The molecule has 31 heavy (non-hydrogen) atoms. The van der Waals surface area contributed by atoms with E-state index in [1.165, 1.54) is 11.3 Å². The van der Waals surface area contributed by atoms with E-state index in [0.717, 1.165) is 44.6 Å². The summed E-state index contributed by atoms with van der Waals surface area (Å²) in [4.78, 5) is 24.6. The van der Waals surface area contributed by atoms with Gasteiger partial charge < -0.3 is 14.4 Å². The van der Waals surface area contributed by atoms with Gasteiger partial charge in [0.15, 0.2) is 0 Å². The Bertz CT molecular complexity index is 1050. The third-order valence-corrected chi connectivity index (χ3v) is 6.36. The Morgan fingerprint density at radius 1 is 1.26 bits per heavy atom. The molecule has 0 spiro atoms. The van der Waals surface area contributed by atoms with Gasteiger partial charge in [0.2, 0.25) is 0 Å². The van der Waals surface area contributed by atoms with Gasteiger partial charge in [-0.2, -0.15) is 0 Å². The van der Waals surface area contributed by atoms with E-state index in [4.69, 9.17) is 9.47 Å². The molecule has 2 aromatic heterocycles. The Balaban J connectivity index is 1.44. The van der Waals surface area contributed by atoms with Crippen molar-refractivity contribution in [3.05, 3.63) is 75.0 Å². The molecule has 1 saturated heterocycles. The first-order valence-electron chi connectivity index (χ1n) is 10.6. The molecule has 1 aliphatic heterocycles. The third kappa shape index (κ3) is 4.94. The Labute approximate surface area is 186 Å². The topological polar surface area (TPSA) is 64.5 Å². The van der Waals surface area contributed by atoms with Gasteiger partial charge in [-0.3, -0.25) is 9.78 Å². The number of rotatable bonds is 6. The predicted octanol–water partition coefficient (Wildman–Crippen LogP) is 4.36. The van der Waals surface area contributed by atoms with Crippen LogP contribution in [0.1, 0.15) is 50.2 Å². The van der Waals surface area contributed by atoms with Crippen LogP contribution < -0.4 is 4.74 Å². The van der Waals surface area contributed by atoms with Crippen molar-refractivity contribution in [2.75, 3.05) is 26.3 Å². The Morgan fingerprint density at radius 3 is 2.81 bits per heavy atom. The number of carbonyl (C=O) groups excluding carboxylic acids is 1. The van der Waals surface area contributed by atoms with E-state index in [-0.39, 0.29) is 12.0 Å². The second-order valence-corrected chi connectivity index (χ2v) is 8.77. The maximum absolute atomic E-state index is 13.0. The highest BCUT2D eigenvalue weighted by atomic mass is 32.1. The summed E-state index contributed by atoms with van der Waals surface area (Å²) in [6.07, 6.45) is 2.42. The van der Waals surface area contributed by atoms with Crippen LogP contribution in [0, 0.1) is 13.8 Å². The lowest BCUT2D eigenvalue weighted by Crippen LogP contribution is -2.42.